The summed E-state index contributed by atoms with van der Waals surface area (Å²) in [6, 6.07) is 11.6. The molecule has 2 rings (SSSR count). The molecule has 0 atom stereocenters. The Morgan fingerprint density at radius 1 is 1.12 bits per heavy atom. The summed E-state index contributed by atoms with van der Waals surface area (Å²) in [5.41, 5.74) is 1.43. The SMILES string of the molecule is Cc1cc(S(=O)(=O)NCCCc2ccc(OC(C)C)cc2)ccc1F. The lowest BCUT2D eigenvalue weighted by atomic mass is 10.1. The van der Waals surface area contributed by atoms with E-state index in [4.69, 9.17) is 4.74 Å². The van der Waals surface area contributed by atoms with Crippen LogP contribution in [0, 0.1) is 12.7 Å². The topological polar surface area (TPSA) is 55.4 Å². The Morgan fingerprint density at radius 2 is 1.80 bits per heavy atom. The zero-order valence-electron chi connectivity index (χ0n) is 14.8. The van der Waals surface area contributed by atoms with Gasteiger partial charge in [-0.3, -0.25) is 0 Å². The molecule has 2 aromatic carbocycles. The van der Waals surface area contributed by atoms with E-state index in [0.717, 1.165) is 17.7 Å². The predicted molar refractivity (Wildman–Crippen MR) is 96.9 cm³/mol. The number of sulfonamides is 1. The Balaban J connectivity index is 1.84. The third-order valence-corrected chi connectivity index (χ3v) is 5.13. The van der Waals surface area contributed by atoms with Crippen LogP contribution in [-0.4, -0.2) is 21.1 Å². The number of ether oxygens (including phenoxy) is 1. The first-order valence-corrected chi connectivity index (χ1v) is 9.77. The number of hydrogen-bond donors (Lipinski definition) is 1. The lowest BCUT2D eigenvalue weighted by Gasteiger charge is -2.10. The molecule has 0 spiro atoms. The number of nitrogens with one attached hydrogen (secondary N) is 1. The van der Waals surface area contributed by atoms with E-state index in [-0.39, 0.29) is 11.0 Å². The lowest BCUT2D eigenvalue weighted by molar-refractivity contribution is 0.242. The molecule has 4 nitrogen and oxygen atoms in total. The van der Waals surface area contributed by atoms with Crippen LogP contribution in [0.3, 0.4) is 0 Å². The van der Waals surface area contributed by atoms with Crippen molar-refractivity contribution in [2.45, 2.75) is 44.6 Å². The molecule has 0 radical (unpaired) electrons. The normalized spacial score (nSPS) is 11.7. The maximum absolute atomic E-state index is 13.3. The number of rotatable bonds is 8. The zero-order valence-corrected chi connectivity index (χ0v) is 15.6. The molecule has 1 N–H and O–H groups in total. The predicted octanol–water partition coefficient (Wildman–Crippen LogP) is 3.83. The van der Waals surface area contributed by atoms with Crippen LogP contribution >= 0.6 is 0 Å². The molecule has 0 aliphatic rings. The van der Waals surface area contributed by atoms with Gasteiger partial charge in [-0.05, 0) is 75.1 Å². The largest absolute Gasteiger partial charge is 0.491 e. The van der Waals surface area contributed by atoms with E-state index in [1.165, 1.54) is 18.2 Å². The second kappa shape index (κ2) is 8.45. The summed E-state index contributed by atoms with van der Waals surface area (Å²) < 4.78 is 45.8. The van der Waals surface area contributed by atoms with Crippen LogP contribution in [-0.2, 0) is 16.4 Å². The fourth-order valence-corrected chi connectivity index (χ4v) is 3.53. The standard InChI is InChI=1S/C19H24FNO3S/c1-14(2)24-17-8-6-16(7-9-17)5-4-12-21-25(22,23)18-10-11-19(20)15(3)13-18/h6-11,13-14,21H,4-5,12H2,1-3H3. The van der Waals surface area contributed by atoms with Gasteiger partial charge >= 0.3 is 0 Å². The third kappa shape index (κ3) is 5.83. The van der Waals surface area contributed by atoms with Gasteiger partial charge in [0.2, 0.25) is 10.0 Å². The zero-order chi connectivity index (χ0) is 18.4. The summed E-state index contributed by atoms with van der Waals surface area (Å²) in [5.74, 6) is 0.412. The molecular formula is C19H24FNO3S. The minimum atomic E-state index is -3.61. The summed E-state index contributed by atoms with van der Waals surface area (Å²) in [4.78, 5) is 0.0848. The van der Waals surface area contributed by atoms with Crippen LogP contribution < -0.4 is 9.46 Å². The molecule has 0 saturated carbocycles. The van der Waals surface area contributed by atoms with E-state index in [9.17, 15) is 12.8 Å². The van der Waals surface area contributed by atoms with Crippen molar-refractivity contribution in [3.05, 3.63) is 59.4 Å². The van der Waals surface area contributed by atoms with Crippen molar-refractivity contribution in [3.63, 3.8) is 0 Å². The first kappa shape index (κ1) is 19.4. The second-order valence-electron chi connectivity index (χ2n) is 6.22. The van der Waals surface area contributed by atoms with Crippen molar-refractivity contribution < 1.29 is 17.5 Å². The molecule has 136 valence electrons. The van der Waals surface area contributed by atoms with Gasteiger partial charge in [0.05, 0.1) is 11.0 Å². The monoisotopic (exact) mass is 365 g/mol. The van der Waals surface area contributed by atoms with Gasteiger partial charge in [-0.15, -0.1) is 0 Å². The molecule has 6 heteroatoms. The molecule has 0 bridgehead atoms. The summed E-state index contributed by atoms with van der Waals surface area (Å²) in [7, 11) is -3.61. The summed E-state index contributed by atoms with van der Waals surface area (Å²) in [6.07, 6.45) is 1.56. The van der Waals surface area contributed by atoms with E-state index >= 15 is 0 Å². The maximum Gasteiger partial charge on any atom is 0.240 e. The molecule has 0 saturated heterocycles. The Labute approximate surface area is 149 Å². The second-order valence-corrected chi connectivity index (χ2v) is 7.99. The Morgan fingerprint density at radius 3 is 2.40 bits per heavy atom. The number of benzene rings is 2. The van der Waals surface area contributed by atoms with Gasteiger partial charge in [-0.2, -0.15) is 0 Å². The highest BCUT2D eigenvalue weighted by Gasteiger charge is 2.14. The lowest BCUT2D eigenvalue weighted by Crippen LogP contribution is -2.25. The first-order valence-electron chi connectivity index (χ1n) is 8.29. The van der Waals surface area contributed by atoms with E-state index in [0.29, 0.717) is 18.5 Å². The number of aryl methyl sites for hydroxylation is 2. The van der Waals surface area contributed by atoms with Gasteiger partial charge in [0.15, 0.2) is 0 Å². The van der Waals surface area contributed by atoms with Gasteiger partial charge in [0, 0.05) is 6.54 Å². The maximum atomic E-state index is 13.3. The summed E-state index contributed by atoms with van der Waals surface area (Å²) >= 11 is 0. The van der Waals surface area contributed by atoms with E-state index in [1.54, 1.807) is 6.92 Å². The number of halogens is 1. The Hall–Kier alpha value is -1.92. The van der Waals surface area contributed by atoms with Crippen LogP contribution in [0.5, 0.6) is 5.75 Å². The van der Waals surface area contributed by atoms with Crippen molar-refractivity contribution in [2.75, 3.05) is 6.54 Å². The highest BCUT2D eigenvalue weighted by molar-refractivity contribution is 7.89. The van der Waals surface area contributed by atoms with Crippen molar-refractivity contribution in [2.24, 2.45) is 0 Å². The van der Waals surface area contributed by atoms with Crippen LogP contribution in [0.4, 0.5) is 4.39 Å². The van der Waals surface area contributed by atoms with Gasteiger partial charge in [0.25, 0.3) is 0 Å². The quantitative estimate of drug-likeness (QED) is 0.723. The van der Waals surface area contributed by atoms with Gasteiger partial charge in [0.1, 0.15) is 11.6 Å². The molecule has 2 aromatic rings. The van der Waals surface area contributed by atoms with Crippen molar-refractivity contribution in [1.82, 2.24) is 4.72 Å². The molecule has 0 aromatic heterocycles. The Kier molecular flexibility index (Phi) is 6.56. The average Bonchev–Trinajstić information content (AvgIpc) is 2.55. The number of hydrogen-bond acceptors (Lipinski definition) is 3. The smallest absolute Gasteiger partial charge is 0.240 e. The van der Waals surface area contributed by atoms with Gasteiger partial charge in [-0.1, -0.05) is 12.1 Å². The average molecular weight is 365 g/mol. The molecule has 25 heavy (non-hydrogen) atoms. The Bertz CT molecular complexity index is 802. The van der Waals surface area contributed by atoms with Crippen LogP contribution in [0.25, 0.3) is 0 Å². The molecule has 0 aliphatic heterocycles. The highest BCUT2D eigenvalue weighted by Crippen LogP contribution is 2.16. The fraction of sp³-hybridized carbons (Fsp3) is 0.368. The molecule has 0 unspecified atom stereocenters. The fourth-order valence-electron chi connectivity index (χ4n) is 2.37. The summed E-state index contributed by atoms with van der Waals surface area (Å²) in [5, 5.41) is 0. The van der Waals surface area contributed by atoms with E-state index < -0.39 is 15.8 Å². The van der Waals surface area contributed by atoms with Gasteiger partial charge in [-0.25, -0.2) is 17.5 Å². The van der Waals surface area contributed by atoms with Crippen molar-refractivity contribution >= 4 is 10.0 Å². The van der Waals surface area contributed by atoms with Crippen LogP contribution in [0.2, 0.25) is 0 Å². The molecule has 0 fully saturated rings. The van der Waals surface area contributed by atoms with Gasteiger partial charge < -0.3 is 4.74 Å². The molecular weight excluding hydrogens is 341 g/mol. The highest BCUT2D eigenvalue weighted by atomic mass is 32.2. The first-order chi connectivity index (χ1) is 11.8. The minimum Gasteiger partial charge on any atom is -0.491 e. The minimum absolute atomic E-state index is 0.0848. The van der Waals surface area contributed by atoms with Crippen molar-refractivity contribution in [3.8, 4) is 5.75 Å². The molecule has 0 amide bonds. The van der Waals surface area contributed by atoms with Crippen molar-refractivity contribution in [1.29, 1.82) is 0 Å². The summed E-state index contributed by atoms with van der Waals surface area (Å²) in [6.45, 7) is 5.81. The van der Waals surface area contributed by atoms with Crippen LogP contribution in [0.15, 0.2) is 47.4 Å². The molecule has 0 heterocycles. The third-order valence-electron chi connectivity index (χ3n) is 3.67. The van der Waals surface area contributed by atoms with Crippen LogP contribution in [0.1, 0.15) is 31.4 Å². The van der Waals surface area contributed by atoms with E-state index in [1.807, 2.05) is 38.1 Å². The van der Waals surface area contributed by atoms with E-state index in [2.05, 4.69) is 4.72 Å². The molecule has 0 aliphatic carbocycles.